The molecular formula is C9H21NO2Si. The van der Waals surface area contributed by atoms with Gasteiger partial charge in [-0.1, -0.05) is 0 Å². The average Bonchev–Trinajstić information content (AvgIpc) is 2.03. The van der Waals surface area contributed by atoms with Crippen molar-refractivity contribution in [2.24, 2.45) is 0 Å². The van der Waals surface area contributed by atoms with Crippen LogP contribution in [0.5, 0.6) is 0 Å². The maximum atomic E-state index is 5.95. The molecule has 0 aliphatic carbocycles. The van der Waals surface area contributed by atoms with Gasteiger partial charge in [0.05, 0.1) is 18.8 Å². The molecule has 1 saturated heterocycles. The molecule has 1 aliphatic heterocycles. The van der Waals surface area contributed by atoms with Crippen molar-refractivity contribution in [1.82, 2.24) is 5.32 Å². The highest BCUT2D eigenvalue weighted by atomic mass is 28.4. The maximum absolute atomic E-state index is 5.95. The van der Waals surface area contributed by atoms with Gasteiger partial charge in [0.15, 0.2) is 8.32 Å². The Labute approximate surface area is 81.9 Å². The van der Waals surface area contributed by atoms with Crippen molar-refractivity contribution in [3.05, 3.63) is 0 Å². The first-order valence-corrected chi connectivity index (χ1v) is 8.40. The van der Waals surface area contributed by atoms with E-state index in [1.807, 2.05) is 0 Å². The lowest BCUT2D eigenvalue weighted by molar-refractivity contribution is -0.0377. The average molecular weight is 203 g/mol. The van der Waals surface area contributed by atoms with Crippen LogP contribution in [0.1, 0.15) is 6.92 Å². The zero-order valence-electron chi connectivity index (χ0n) is 9.09. The van der Waals surface area contributed by atoms with Crippen LogP contribution in [-0.4, -0.2) is 40.2 Å². The summed E-state index contributed by atoms with van der Waals surface area (Å²) in [6.45, 7) is 11.4. The fraction of sp³-hybridized carbons (Fsp3) is 1.00. The number of hydrogen-bond donors (Lipinski definition) is 1. The van der Waals surface area contributed by atoms with Crippen molar-refractivity contribution < 1.29 is 9.16 Å². The van der Waals surface area contributed by atoms with Gasteiger partial charge >= 0.3 is 0 Å². The van der Waals surface area contributed by atoms with Crippen molar-refractivity contribution >= 4 is 8.32 Å². The summed E-state index contributed by atoms with van der Waals surface area (Å²) in [5, 5.41) is 3.31. The van der Waals surface area contributed by atoms with Gasteiger partial charge in [0.1, 0.15) is 0 Å². The van der Waals surface area contributed by atoms with Crippen LogP contribution in [-0.2, 0) is 9.16 Å². The van der Waals surface area contributed by atoms with E-state index >= 15 is 0 Å². The lowest BCUT2D eigenvalue weighted by Crippen LogP contribution is -2.47. The molecule has 13 heavy (non-hydrogen) atoms. The summed E-state index contributed by atoms with van der Waals surface area (Å²) in [7, 11) is -1.41. The topological polar surface area (TPSA) is 30.5 Å². The predicted octanol–water partition coefficient (Wildman–Crippen LogP) is 1.21. The Kier molecular flexibility index (Phi) is 3.91. The highest BCUT2D eigenvalue weighted by molar-refractivity contribution is 6.69. The number of nitrogens with one attached hydrogen (secondary N) is 1. The Balaban J connectivity index is 2.33. The predicted molar refractivity (Wildman–Crippen MR) is 56.5 cm³/mol. The third-order valence-corrected chi connectivity index (χ3v) is 3.10. The van der Waals surface area contributed by atoms with Crippen molar-refractivity contribution in [1.29, 1.82) is 0 Å². The summed E-state index contributed by atoms with van der Waals surface area (Å²) in [6.07, 6.45) is 0.458. The highest BCUT2D eigenvalue weighted by Crippen LogP contribution is 2.12. The molecule has 1 N–H and O–H groups in total. The largest absolute Gasteiger partial charge is 0.412 e. The standard InChI is InChI=1S/C9H21NO2Si/c1-8(12-13(2,3)4)9-7-10-5-6-11-9/h8-10H,5-7H2,1-4H3. The van der Waals surface area contributed by atoms with E-state index in [1.165, 1.54) is 0 Å². The van der Waals surface area contributed by atoms with E-state index < -0.39 is 8.32 Å². The summed E-state index contributed by atoms with van der Waals surface area (Å²) in [5.41, 5.74) is 0. The van der Waals surface area contributed by atoms with Crippen LogP contribution in [0.15, 0.2) is 0 Å². The third kappa shape index (κ3) is 4.22. The number of morpholine rings is 1. The molecule has 0 amide bonds. The molecular weight excluding hydrogens is 182 g/mol. The van der Waals surface area contributed by atoms with E-state index in [0.717, 1.165) is 19.7 Å². The zero-order valence-corrected chi connectivity index (χ0v) is 10.1. The van der Waals surface area contributed by atoms with Crippen LogP contribution >= 0.6 is 0 Å². The summed E-state index contributed by atoms with van der Waals surface area (Å²) >= 11 is 0. The first-order chi connectivity index (χ1) is 5.99. The van der Waals surface area contributed by atoms with E-state index in [-0.39, 0.29) is 12.2 Å². The second-order valence-corrected chi connectivity index (χ2v) is 9.01. The van der Waals surface area contributed by atoms with Crippen LogP contribution < -0.4 is 5.32 Å². The summed E-state index contributed by atoms with van der Waals surface area (Å²) in [6, 6.07) is 0. The van der Waals surface area contributed by atoms with Gasteiger partial charge in [-0.05, 0) is 26.6 Å². The summed E-state index contributed by atoms with van der Waals surface area (Å²) in [5.74, 6) is 0. The van der Waals surface area contributed by atoms with Crippen LogP contribution in [0, 0.1) is 0 Å². The number of rotatable bonds is 3. The molecule has 78 valence electrons. The van der Waals surface area contributed by atoms with Gasteiger partial charge in [-0.3, -0.25) is 0 Å². The second kappa shape index (κ2) is 4.55. The minimum absolute atomic E-state index is 0.222. The Hall–Kier alpha value is 0.0969. The summed E-state index contributed by atoms with van der Waals surface area (Å²) in [4.78, 5) is 0. The van der Waals surface area contributed by atoms with Crippen molar-refractivity contribution in [3.8, 4) is 0 Å². The molecule has 1 fully saturated rings. The number of ether oxygens (including phenoxy) is 1. The Morgan fingerprint density at radius 1 is 1.46 bits per heavy atom. The number of hydrogen-bond acceptors (Lipinski definition) is 3. The van der Waals surface area contributed by atoms with Crippen LogP contribution in [0.3, 0.4) is 0 Å². The van der Waals surface area contributed by atoms with Gasteiger partial charge in [-0.2, -0.15) is 0 Å². The molecule has 0 saturated carbocycles. The fourth-order valence-corrected chi connectivity index (χ4v) is 2.79. The van der Waals surface area contributed by atoms with Gasteiger partial charge in [-0.15, -0.1) is 0 Å². The normalized spacial score (nSPS) is 27.2. The van der Waals surface area contributed by atoms with Gasteiger partial charge in [0, 0.05) is 13.1 Å². The minimum Gasteiger partial charge on any atom is -0.412 e. The molecule has 3 nitrogen and oxygen atoms in total. The van der Waals surface area contributed by atoms with Crippen molar-refractivity contribution in [2.75, 3.05) is 19.7 Å². The first kappa shape index (κ1) is 11.2. The molecule has 0 aromatic carbocycles. The molecule has 0 bridgehead atoms. The van der Waals surface area contributed by atoms with Crippen LogP contribution in [0.2, 0.25) is 19.6 Å². The molecule has 0 aromatic heterocycles. The van der Waals surface area contributed by atoms with E-state index in [2.05, 4.69) is 31.9 Å². The quantitative estimate of drug-likeness (QED) is 0.700. The Morgan fingerprint density at radius 2 is 2.15 bits per heavy atom. The Bertz CT molecular complexity index is 152. The van der Waals surface area contributed by atoms with Crippen LogP contribution in [0.4, 0.5) is 0 Å². The van der Waals surface area contributed by atoms with Crippen LogP contribution in [0.25, 0.3) is 0 Å². The second-order valence-electron chi connectivity index (χ2n) is 4.55. The lowest BCUT2D eigenvalue weighted by atomic mass is 10.2. The molecule has 1 heterocycles. The molecule has 2 atom stereocenters. The van der Waals surface area contributed by atoms with Gasteiger partial charge < -0.3 is 14.5 Å². The molecule has 1 rings (SSSR count). The van der Waals surface area contributed by atoms with E-state index in [9.17, 15) is 0 Å². The highest BCUT2D eigenvalue weighted by Gasteiger charge is 2.26. The van der Waals surface area contributed by atoms with E-state index in [4.69, 9.17) is 9.16 Å². The molecule has 0 radical (unpaired) electrons. The molecule has 0 aromatic rings. The van der Waals surface area contributed by atoms with E-state index in [1.54, 1.807) is 0 Å². The van der Waals surface area contributed by atoms with Crippen molar-refractivity contribution in [2.45, 2.75) is 38.8 Å². The summed E-state index contributed by atoms with van der Waals surface area (Å²) < 4.78 is 11.6. The molecule has 0 spiro atoms. The van der Waals surface area contributed by atoms with Gasteiger partial charge in [0.25, 0.3) is 0 Å². The first-order valence-electron chi connectivity index (χ1n) is 4.99. The van der Waals surface area contributed by atoms with Crippen molar-refractivity contribution in [3.63, 3.8) is 0 Å². The zero-order chi connectivity index (χ0) is 9.90. The minimum atomic E-state index is -1.41. The molecule has 2 unspecified atom stereocenters. The third-order valence-electron chi connectivity index (χ3n) is 2.02. The van der Waals surface area contributed by atoms with Gasteiger partial charge in [-0.25, -0.2) is 0 Å². The van der Waals surface area contributed by atoms with E-state index in [0.29, 0.717) is 0 Å². The maximum Gasteiger partial charge on any atom is 0.184 e. The van der Waals surface area contributed by atoms with Gasteiger partial charge in [0.2, 0.25) is 0 Å². The monoisotopic (exact) mass is 203 g/mol. The SMILES string of the molecule is CC(O[Si](C)(C)C)C1CNCCO1. The fourth-order valence-electron chi connectivity index (χ4n) is 1.52. The smallest absolute Gasteiger partial charge is 0.184 e. The molecule has 4 heteroatoms. The Morgan fingerprint density at radius 3 is 2.62 bits per heavy atom. The lowest BCUT2D eigenvalue weighted by Gasteiger charge is -2.32. The molecule has 1 aliphatic rings.